The molecule has 3 heterocycles. The number of aromatic nitrogens is 2. The molecule has 1 saturated heterocycles. The SMILES string of the molecule is Cc1ccc(C)c(-c2csc(NC(=O)c3ccc(S(=O)(=O)N4CCCCC4)cn3)n2)c1. The van der Waals surface area contributed by atoms with Gasteiger partial charge in [-0.05, 0) is 50.5 Å². The number of pyridine rings is 1. The predicted molar refractivity (Wildman–Crippen MR) is 122 cm³/mol. The molecule has 1 fully saturated rings. The number of rotatable bonds is 5. The van der Waals surface area contributed by atoms with Crippen LogP contribution in [-0.2, 0) is 10.0 Å². The summed E-state index contributed by atoms with van der Waals surface area (Å²) < 4.78 is 26.9. The monoisotopic (exact) mass is 456 g/mol. The predicted octanol–water partition coefficient (Wildman–Crippen LogP) is 4.25. The molecule has 3 aromatic rings. The molecule has 0 aliphatic carbocycles. The second-order valence-corrected chi connectivity index (χ2v) is 10.5. The Morgan fingerprint density at radius 1 is 1.10 bits per heavy atom. The summed E-state index contributed by atoms with van der Waals surface area (Å²) in [5, 5.41) is 5.12. The maximum atomic E-state index is 12.7. The van der Waals surface area contributed by atoms with E-state index < -0.39 is 15.9 Å². The lowest BCUT2D eigenvalue weighted by molar-refractivity contribution is 0.102. The Morgan fingerprint density at radius 3 is 2.58 bits per heavy atom. The van der Waals surface area contributed by atoms with E-state index in [9.17, 15) is 13.2 Å². The van der Waals surface area contributed by atoms with Crippen molar-refractivity contribution in [3.63, 3.8) is 0 Å². The topological polar surface area (TPSA) is 92.3 Å². The molecule has 0 unspecified atom stereocenters. The van der Waals surface area contributed by atoms with Gasteiger partial charge in [-0.15, -0.1) is 11.3 Å². The van der Waals surface area contributed by atoms with Gasteiger partial charge in [0.15, 0.2) is 5.13 Å². The Hall–Kier alpha value is -2.62. The van der Waals surface area contributed by atoms with E-state index in [-0.39, 0.29) is 10.6 Å². The molecule has 2 aromatic heterocycles. The van der Waals surface area contributed by atoms with Gasteiger partial charge in [-0.2, -0.15) is 4.31 Å². The van der Waals surface area contributed by atoms with Crippen molar-refractivity contribution >= 4 is 32.4 Å². The van der Waals surface area contributed by atoms with Gasteiger partial charge in [0.05, 0.1) is 5.69 Å². The van der Waals surface area contributed by atoms with Crippen LogP contribution in [0.25, 0.3) is 11.3 Å². The second kappa shape index (κ2) is 8.86. The zero-order valence-electron chi connectivity index (χ0n) is 17.5. The standard InChI is InChI=1S/C22H24N4O3S2/c1-15-6-7-16(2)18(12-15)20-14-30-22(24-20)25-21(27)19-9-8-17(13-23-19)31(28,29)26-10-4-3-5-11-26/h6-9,12-14H,3-5,10-11H2,1-2H3,(H,24,25,27). The van der Waals surface area contributed by atoms with Crippen LogP contribution in [0.2, 0.25) is 0 Å². The largest absolute Gasteiger partial charge is 0.296 e. The first kappa shape index (κ1) is 21.6. The highest BCUT2D eigenvalue weighted by Gasteiger charge is 2.26. The molecular formula is C22H24N4O3S2. The van der Waals surface area contributed by atoms with Crippen LogP contribution in [0, 0.1) is 13.8 Å². The zero-order chi connectivity index (χ0) is 22.0. The van der Waals surface area contributed by atoms with Gasteiger partial charge in [0.2, 0.25) is 10.0 Å². The molecule has 1 aliphatic rings. The molecule has 0 atom stereocenters. The third-order valence-electron chi connectivity index (χ3n) is 5.32. The lowest BCUT2D eigenvalue weighted by Gasteiger charge is -2.25. The van der Waals surface area contributed by atoms with Crippen LogP contribution in [0.3, 0.4) is 0 Å². The van der Waals surface area contributed by atoms with Crippen molar-refractivity contribution < 1.29 is 13.2 Å². The number of carbonyl (C=O) groups is 1. The van der Waals surface area contributed by atoms with Gasteiger partial charge in [-0.3, -0.25) is 10.1 Å². The molecule has 0 bridgehead atoms. The van der Waals surface area contributed by atoms with E-state index in [0.717, 1.165) is 41.6 Å². The van der Waals surface area contributed by atoms with Crippen molar-refractivity contribution in [2.45, 2.75) is 38.0 Å². The number of hydrogen-bond donors (Lipinski definition) is 1. The van der Waals surface area contributed by atoms with Gasteiger partial charge in [-0.1, -0.05) is 24.1 Å². The summed E-state index contributed by atoms with van der Waals surface area (Å²) in [7, 11) is -3.57. The van der Waals surface area contributed by atoms with Crippen molar-refractivity contribution in [1.82, 2.24) is 14.3 Å². The fraction of sp³-hybridized carbons (Fsp3) is 0.318. The Morgan fingerprint density at radius 2 is 1.87 bits per heavy atom. The van der Waals surface area contributed by atoms with E-state index in [1.807, 2.05) is 25.3 Å². The highest BCUT2D eigenvalue weighted by Crippen LogP contribution is 2.28. The molecule has 1 N–H and O–H groups in total. The number of amides is 1. The number of aryl methyl sites for hydroxylation is 2. The summed E-state index contributed by atoms with van der Waals surface area (Å²) in [5.74, 6) is -0.427. The van der Waals surface area contributed by atoms with Crippen molar-refractivity contribution in [1.29, 1.82) is 0 Å². The van der Waals surface area contributed by atoms with Gasteiger partial charge in [-0.25, -0.2) is 18.4 Å². The number of sulfonamides is 1. The smallest absolute Gasteiger partial charge is 0.276 e. The molecule has 7 nitrogen and oxygen atoms in total. The molecule has 0 radical (unpaired) electrons. The highest BCUT2D eigenvalue weighted by molar-refractivity contribution is 7.89. The van der Waals surface area contributed by atoms with Crippen LogP contribution in [0.4, 0.5) is 5.13 Å². The lowest BCUT2D eigenvalue weighted by Crippen LogP contribution is -2.35. The van der Waals surface area contributed by atoms with Gasteiger partial charge < -0.3 is 0 Å². The minimum atomic E-state index is -3.57. The van der Waals surface area contributed by atoms with Crippen LogP contribution in [-0.4, -0.2) is 41.7 Å². The van der Waals surface area contributed by atoms with E-state index in [1.54, 1.807) is 0 Å². The molecule has 1 amide bonds. The fourth-order valence-corrected chi connectivity index (χ4v) is 5.72. The van der Waals surface area contributed by atoms with E-state index in [4.69, 9.17) is 0 Å². The third-order valence-corrected chi connectivity index (χ3v) is 7.96. The maximum Gasteiger partial charge on any atom is 0.276 e. The van der Waals surface area contributed by atoms with E-state index in [0.29, 0.717) is 18.2 Å². The summed E-state index contributed by atoms with van der Waals surface area (Å²) >= 11 is 1.33. The first-order valence-corrected chi connectivity index (χ1v) is 12.5. The van der Waals surface area contributed by atoms with Crippen molar-refractivity contribution in [2.24, 2.45) is 0 Å². The average Bonchev–Trinajstić information content (AvgIpc) is 3.24. The van der Waals surface area contributed by atoms with E-state index in [1.165, 1.54) is 34.0 Å². The van der Waals surface area contributed by atoms with Crippen LogP contribution < -0.4 is 5.32 Å². The Bertz CT molecular complexity index is 1200. The second-order valence-electron chi connectivity index (χ2n) is 7.65. The molecule has 0 saturated carbocycles. The normalized spacial score (nSPS) is 15.0. The minimum absolute atomic E-state index is 0.109. The first-order valence-electron chi connectivity index (χ1n) is 10.2. The third kappa shape index (κ3) is 4.68. The Balaban J connectivity index is 1.47. The van der Waals surface area contributed by atoms with Crippen molar-refractivity contribution in [3.8, 4) is 11.3 Å². The average molecular weight is 457 g/mol. The molecule has 0 spiro atoms. The number of nitrogens with zero attached hydrogens (tertiary/aromatic N) is 3. The molecular weight excluding hydrogens is 432 g/mol. The lowest BCUT2D eigenvalue weighted by atomic mass is 10.0. The van der Waals surface area contributed by atoms with E-state index >= 15 is 0 Å². The quantitative estimate of drug-likeness (QED) is 0.620. The van der Waals surface area contributed by atoms with E-state index in [2.05, 4.69) is 27.4 Å². The van der Waals surface area contributed by atoms with Gasteiger partial charge in [0, 0.05) is 30.2 Å². The number of piperidine rings is 1. The van der Waals surface area contributed by atoms with Gasteiger partial charge in [0.1, 0.15) is 10.6 Å². The van der Waals surface area contributed by atoms with Crippen LogP contribution in [0.5, 0.6) is 0 Å². The van der Waals surface area contributed by atoms with Crippen molar-refractivity contribution in [2.75, 3.05) is 18.4 Å². The van der Waals surface area contributed by atoms with Crippen molar-refractivity contribution in [3.05, 3.63) is 58.7 Å². The Labute approximate surface area is 186 Å². The fourth-order valence-electron chi connectivity index (χ4n) is 3.55. The van der Waals surface area contributed by atoms with Gasteiger partial charge >= 0.3 is 0 Å². The maximum absolute atomic E-state index is 12.7. The molecule has 9 heteroatoms. The summed E-state index contributed by atoms with van der Waals surface area (Å²) in [4.78, 5) is 21.3. The van der Waals surface area contributed by atoms with Crippen LogP contribution >= 0.6 is 11.3 Å². The van der Waals surface area contributed by atoms with Gasteiger partial charge in [0.25, 0.3) is 5.91 Å². The van der Waals surface area contributed by atoms with Crippen LogP contribution in [0.1, 0.15) is 40.9 Å². The molecule has 162 valence electrons. The number of anilines is 1. The Kier molecular flexibility index (Phi) is 6.17. The molecule has 4 rings (SSSR count). The number of carbonyl (C=O) groups excluding carboxylic acids is 1. The summed E-state index contributed by atoms with van der Waals surface area (Å²) in [6.07, 6.45) is 4.03. The number of benzene rings is 1. The highest BCUT2D eigenvalue weighted by atomic mass is 32.2. The number of nitrogens with one attached hydrogen (secondary N) is 1. The minimum Gasteiger partial charge on any atom is -0.296 e. The zero-order valence-corrected chi connectivity index (χ0v) is 19.1. The summed E-state index contributed by atoms with van der Waals surface area (Å²) in [6.45, 7) is 5.10. The molecule has 1 aromatic carbocycles. The number of hydrogen-bond acceptors (Lipinski definition) is 6. The summed E-state index contributed by atoms with van der Waals surface area (Å²) in [5.41, 5.74) is 4.23. The molecule has 31 heavy (non-hydrogen) atoms. The molecule has 1 aliphatic heterocycles. The number of thiazole rings is 1. The first-order chi connectivity index (χ1) is 14.8. The summed E-state index contributed by atoms with van der Waals surface area (Å²) in [6, 6.07) is 9.04. The van der Waals surface area contributed by atoms with Crippen LogP contribution in [0.15, 0.2) is 46.8 Å².